The SMILES string of the molecule is C[C@]12CCC3c4ccc(OCCCCl)cc4CCC3C1CC[C@@H]2OCCCO. The molecule has 0 radical (unpaired) electrons. The number of hydrogen-bond acceptors (Lipinski definition) is 3. The summed E-state index contributed by atoms with van der Waals surface area (Å²) < 4.78 is 12.1. The van der Waals surface area contributed by atoms with Crippen molar-refractivity contribution in [2.75, 3.05) is 25.7 Å². The fourth-order valence-corrected chi connectivity index (χ4v) is 6.52. The van der Waals surface area contributed by atoms with E-state index in [1.807, 2.05) is 0 Å². The Kier molecular flexibility index (Phi) is 6.54. The molecule has 0 aliphatic heterocycles. The van der Waals surface area contributed by atoms with Crippen molar-refractivity contribution in [2.24, 2.45) is 17.3 Å². The van der Waals surface area contributed by atoms with Crippen LogP contribution < -0.4 is 4.74 Å². The fraction of sp³-hybridized carbons (Fsp3) is 0.750. The highest BCUT2D eigenvalue weighted by atomic mass is 35.5. The van der Waals surface area contributed by atoms with E-state index in [2.05, 4.69) is 25.1 Å². The minimum Gasteiger partial charge on any atom is -0.494 e. The van der Waals surface area contributed by atoms with Crippen LogP contribution in [-0.4, -0.2) is 36.9 Å². The zero-order valence-corrected chi connectivity index (χ0v) is 17.9. The molecule has 0 heterocycles. The van der Waals surface area contributed by atoms with Gasteiger partial charge in [0.15, 0.2) is 0 Å². The van der Waals surface area contributed by atoms with Crippen molar-refractivity contribution < 1.29 is 14.6 Å². The number of aryl methyl sites for hydroxylation is 1. The van der Waals surface area contributed by atoms with Crippen molar-refractivity contribution in [3.05, 3.63) is 29.3 Å². The van der Waals surface area contributed by atoms with Gasteiger partial charge in [-0.3, -0.25) is 0 Å². The van der Waals surface area contributed by atoms with Crippen LogP contribution in [0.25, 0.3) is 0 Å². The van der Waals surface area contributed by atoms with E-state index in [0.29, 0.717) is 36.5 Å². The molecule has 3 aliphatic rings. The summed E-state index contributed by atoms with van der Waals surface area (Å²) in [6.45, 7) is 4.11. The van der Waals surface area contributed by atoms with E-state index >= 15 is 0 Å². The zero-order chi connectivity index (χ0) is 19.6. The summed E-state index contributed by atoms with van der Waals surface area (Å²) in [5.74, 6) is 3.93. The molecule has 3 nitrogen and oxygen atoms in total. The van der Waals surface area contributed by atoms with Gasteiger partial charge in [0.05, 0.1) is 12.7 Å². The van der Waals surface area contributed by atoms with Crippen LogP contribution in [-0.2, 0) is 11.2 Å². The molecule has 0 saturated heterocycles. The molecule has 28 heavy (non-hydrogen) atoms. The minimum absolute atomic E-state index is 0.228. The van der Waals surface area contributed by atoms with Gasteiger partial charge in [0.25, 0.3) is 0 Å². The summed E-state index contributed by atoms with van der Waals surface area (Å²) in [4.78, 5) is 0. The van der Waals surface area contributed by atoms with Gasteiger partial charge in [-0.25, -0.2) is 0 Å². The average Bonchev–Trinajstić information content (AvgIpc) is 3.04. The third kappa shape index (κ3) is 3.82. The van der Waals surface area contributed by atoms with Crippen LogP contribution in [0, 0.1) is 17.3 Å². The number of ether oxygens (including phenoxy) is 2. The number of aliphatic hydroxyl groups excluding tert-OH is 1. The van der Waals surface area contributed by atoms with Crippen molar-refractivity contribution in [1.82, 2.24) is 0 Å². The highest BCUT2D eigenvalue weighted by molar-refractivity contribution is 6.17. The van der Waals surface area contributed by atoms with Crippen molar-refractivity contribution in [1.29, 1.82) is 0 Å². The standard InChI is InChI=1S/C24H35ClO3/c1-24-11-10-20-19-7-5-18(27-14-2-12-25)16-17(19)4-6-21(20)22(24)8-9-23(24)28-15-3-13-26/h5,7,16,20-23,26H,2-4,6,8-15H2,1H3/t20?,21?,22?,23-,24-/m0/s1. The van der Waals surface area contributed by atoms with Gasteiger partial charge in [0.2, 0.25) is 0 Å². The molecule has 0 bridgehead atoms. The second kappa shape index (κ2) is 8.93. The Morgan fingerprint density at radius 3 is 2.86 bits per heavy atom. The molecule has 0 spiro atoms. The first-order chi connectivity index (χ1) is 13.7. The first-order valence-electron chi connectivity index (χ1n) is 11.2. The summed E-state index contributed by atoms with van der Waals surface area (Å²) >= 11 is 5.76. The lowest BCUT2D eigenvalue weighted by Gasteiger charge is -2.50. The first kappa shape index (κ1) is 20.5. The van der Waals surface area contributed by atoms with E-state index in [1.165, 1.54) is 44.1 Å². The number of aliphatic hydroxyl groups is 1. The van der Waals surface area contributed by atoms with Crippen molar-refractivity contribution in [3.8, 4) is 5.75 Å². The summed E-state index contributed by atoms with van der Waals surface area (Å²) in [6, 6.07) is 6.79. The molecule has 3 unspecified atom stereocenters. The molecular formula is C24H35ClO3. The maximum atomic E-state index is 9.07. The summed E-state index contributed by atoms with van der Waals surface area (Å²) in [7, 11) is 0. The molecule has 1 aromatic carbocycles. The molecule has 4 heteroatoms. The van der Waals surface area contributed by atoms with Gasteiger partial charge in [-0.2, -0.15) is 0 Å². The number of hydrogen-bond donors (Lipinski definition) is 1. The average molecular weight is 407 g/mol. The topological polar surface area (TPSA) is 38.7 Å². The normalized spacial score (nSPS) is 33.8. The number of rotatable bonds is 8. The van der Waals surface area contributed by atoms with Crippen LogP contribution in [0.5, 0.6) is 5.75 Å². The van der Waals surface area contributed by atoms with Gasteiger partial charge in [-0.15, -0.1) is 11.6 Å². The number of fused-ring (bicyclic) bond motifs is 5. The van der Waals surface area contributed by atoms with Crippen LogP contribution in [0.1, 0.15) is 68.9 Å². The highest BCUT2D eigenvalue weighted by Gasteiger charge is 2.55. The molecular weight excluding hydrogens is 372 g/mol. The molecule has 4 rings (SSSR count). The van der Waals surface area contributed by atoms with E-state index in [4.69, 9.17) is 26.2 Å². The Morgan fingerprint density at radius 1 is 1.14 bits per heavy atom. The Bertz CT molecular complexity index is 663. The van der Waals surface area contributed by atoms with E-state index in [1.54, 1.807) is 5.56 Å². The predicted octanol–water partition coefficient (Wildman–Crippen LogP) is 5.32. The zero-order valence-electron chi connectivity index (χ0n) is 17.2. The van der Waals surface area contributed by atoms with Crippen molar-refractivity contribution >= 4 is 11.6 Å². The van der Waals surface area contributed by atoms with E-state index in [0.717, 1.165) is 30.4 Å². The second-order valence-corrected chi connectivity index (χ2v) is 9.60. The van der Waals surface area contributed by atoms with Crippen LogP contribution in [0.3, 0.4) is 0 Å². The van der Waals surface area contributed by atoms with Crippen molar-refractivity contribution in [3.63, 3.8) is 0 Å². The highest BCUT2D eigenvalue weighted by Crippen LogP contribution is 2.61. The molecule has 156 valence electrons. The third-order valence-corrected chi connectivity index (χ3v) is 8.05. The van der Waals surface area contributed by atoms with Gasteiger partial charge < -0.3 is 14.6 Å². The fourth-order valence-electron chi connectivity index (χ4n) is 6.41. The summed E-state index contributed by atoms with van der Waals surface area (Å²) in [5.41, 5.74) is 3.40. The molecule has 3 aliphatic carbocycles. The quantitative estimate of drug-likeness (QED) is 0.469. The van der Waals surface area contributed by atoms with Crippen LogP contribution in [0.2, 0.25) is 0 Å². The van der Waals surface area contributed by atoms with Crippen molar-refractivity contribution in [2.45, 2.75) is 70.3 Å². The van der Waals surface area contributed by atoms with E-state index in [9.17, 15) is 0 Å². The summed E-state index contributed by atoms with van der Waals surface area (Å²) in [5, 5.41) is 9.07. The maximum absolute atomic E-state index is 9.07. The molecule has 0 aromatic heterocycles. The van der Waals surface area contributed by atoms with E-state index < -0.39 is 0 Å². The van der Waals surface area contributed by atoms with E-state index in [-0.39, 0.29) is 6.61 Å². The molecule has 1 aromatic rings. The smallest absolute Gasteiger partial charge is 0.119 e. The van der Waals surface area contributed by atoms with Gasteiger partial charge >= 0.3 is 0 Å². The number of benzene rings is 1. The lowest BCUT2D eigenvalue weighted by atomic mass is 9.55. The Balaban J connectivity index is 1.46. The Labute approximate surface area is 174 Å². The Morgan fingerprint density at radius 2 is 2.04 bits per heavy atom. The lowest BCUT2D eigenvalue weighted by molar-refractivity contribution is -0.0661. The van der Waals surface area contributed by atoms with Gasteiger partial charge in [0, 0.05) is 19.1 Å². The van der Waals surface area contributed by atoms with Crippen LogP contribution in [0.4, 0.5) is 0 Å². The van der Waals surface area contributed by atoms with Crippen LogP contribution >= 0.6 is 11.6 Å². The number of alkyl halides is 1. The third-order valence-electron chi connectivity index (χ3n) is 7.78. The lowest BCUT2D eigenvalue weighted by Crippen LogP contribution is -2.44. The molecule has 1 N–H and O–H groups in total. The first-order valence-corrected chi connectivity index (χ1v) is 11.7. The molecule has 2 saturated carbocycles. The van der Waals surface area contributed by atoms with Gasteiger partial charge in [-0.1, -0.05) is 13.0 Å². The predicted molar refractivity (Wildman–Crippen MR) is 113 cm³/mol. The Hall–Kier alpha value is -0.770. The van der Waals surface area contributed by atoms with Gasteiger partial charge in [-0.05, 0) is 97.8 Å². The largest absolute Gasteiger partial charge is 0.494 e. The maximum Gasteiger partial charge on any atom is 0.119 e. The van der Waals surface area contributed by atoms with Gasteiger partial charge in [0.1, 0.15) is 5.75 Å². The number of halogens is 1. The molecule has 5 atom stereocenters. The summed E-state index contributed by atoms with van der Waals surface area (Å²) in [6.07, 6.45) is 9.53. The second-order valence-electron chi connectivity index (χ2n) is 9.23. The van der Waals surface area contributed by atoms with Crippen LogP contribution in [0.15, 0.2) is 18.2 Å². The minimum atomic E-state index is 0.228. The molecule has 2 fully saturated rings. The molecule has 0 amide bonds. The monoisotopic (exact) mass is 406 g/mol.